The van der Waals surface area contributed by atoms with E-state index in [1.807, 2.05) is 13.8 Å². The van der Waals surface area contributed by atoms with Crippen molar-refractivity contribution in [1.82, 2.24) is 4.90 Å². The van der Waals surface area contributed by atoms with Gasteiger partial charge in [0.05, 0.1) is 0 Å². The Bertz CT molecular complexity index is 476. The van der Waals surface area contributed by atoms with Crippen LogP contribution in [-0.4, -0.2) is 29.1 Å². The zero-order valence-corrected chi connectivity index (χ0v) is 12.1. The summed E-state index contributed by atoms with van der Waals surface area (Å²) >= 11 is 0. The van der Waals surface area contributed by atoms with Gasteiger partial charge in [-0.25, -0.2) is 0 Å². The number of hydrogen-bond acceptors (Lipinski definition) is 2. The summed E-state index contributed by atoms with van der Waals surface area (Å²) < 4.78 is 0. The normalized spacial score (nSPS) is 18.3. The molecule has 1 heterocycles. The molecule has 0 amide bonds. The van der Waals surface area contributed by atoms with Crippen molar-refractivity contribution in [3.05, 3.63) is 34.4 Å². The predicted octanol–water partition coefficient (Wildman–Crippen LogP) is 3.22. The molecule has 3 nitrogen and oxygen atoms in total. The smallest absolute Gasteiger partial charge is 0.325 e. The first-order valence-electron chi connectivity index (χ1n) is 7.05. The molecule has 19 heavy (non-hydrogen) atoms. The van der Waals surface area contributed by atoms with Crippen LogP contribution < -0.4 is 0 Å². The summed E-state index contributed by atoms with van der Waals surface area (Å²) in [6, 6.07) is 3.67. The van der Waals surface area contributed by atoms with Crippen molar-refractivity contribution in [1.29, 1.82) is 0 Å². The van der Waals surface area contributed by atoms with Crippen molar-refractivity contribution in [2.75, 3.05) is 13.1 Å². The van der Waals surface area contributed by atoms with Crippen molar-refractivity contribution >= 4 is 5.97 Å². The lowest BCUT2D eigenvalue weighted by Gasteiger charge is -2.33. The van der Waals surface area contributed by atoms with Crippen LogP contribution in [0.3, 0.4) is 0 Å². The van der Waals surface area contributed by atoms with E-state index in [4.69, 9.17) is 0 Å². The van der Waals surface area contributed by atoms with Crippen molar-refractivity contribution in [3.8, 4) is 0 Å². The number of rotatable bonds is 3. The van der Waals surface area contributed by atoms with E-state index in [2.05, 4.69) is 24.0 Å². The summed E-state index contributed by atoms with van der Waals surface area (Å²) in [6.45, 7) is 7.92. The molecule has 1 atom stereocenters. The molecule has 1 saturated heterocycles. The third-order valence-corrected chi connectivity index (χ3v) is 4.17. The van der Waals surface area contributed by atoms with Gasteiger partial charge in [-0.15, -0.1) is 0 Å². The quantitative estimate of drug-likeness (QED) is 0.908. The van der Waals surface area contributed by atoms with Gasteiger partial charge in [-0.2, -0.15) is 0 Å². The van der Waals surface area contributed by atoms with Crippen LogP contribution in [0.5, 0.6) is 0 Å². The van der Waals surface area contributed by atoms with Gasteiger partial charge < -0.3 is 5.11 Å². The molecule has 1 fully saturated rings. The molecule has 0 saturated carbocycles. The van der Waals surface area contributed by atoms with Gasteiger partial charge in [0.15, 0.2) is 0 Å². The summed E-state index contributed by atoms with van der Waals surface area (Å²) in [5.74, 6) is -0.728. The number of hydrogen-bond donors (Lipinski definition) is 1. The molecule has 1 aromatic rings. The average molecular weight is 261 g/mol. The third kappa shape index (κ3) is 2.98. The first kappa shape index (κ1) is 14.1. The van der Waals surface area contributed by atoms with Crippen LogP contribution in [0.15, 0.2) is 12.1 Å². The Morgan fingerprint density at radius 1 is 1.05 bits per heavy atom. The largest absolute Gasteiger partial charge is 0.480 e. The molecule has 1 aromatic carbocycles. The lowest BCUT2D eigenvalue weighted by molar-refractivity contribution is -0.144. The van der Waals surface area contributed by atoms with Gasteiger partial charge in [0.1, 0.15) is 6.04 Å². The van der Waals surface area contributed by atoms with E-state index in [9.17, 15) is 9.90 Å². The number of aryl methyl sites for hydroxylation is 3. The maximum atomic E-state index is 11.7. The molecule has 0 spiro atoms. The lowest BCUT2D eigenvalue weighted by Crippen LogP contribution is -2.38. The van der Waals surface area contributed by atoms with E-state index >= 15 is 0 Å². The highest BCUT2D eigenvalue weighted by Crippen LogP contribution is 2.29. The summed E-state index contributed by atoms with van der Waals surface area (Å²) in [5.41, 5.74) is 4.44. The van der Waals surface area contributed by atoms with Gasteiger partial charge >= 0.3 is 5.97 Å². The second-order valence-electron chi connectivity index (χ2n) is 5.63. The minimum Gasteiger partial charge on any atom is -0.480 e. The Labute approximate surface area is 115 Å². The third-order valence-electron chi connectivity index (χ3n) is 4.17. The number of benzene rings is 1. The first-order chi connectivity index (χ1) is 9.00. The van der Waals surface area contributed by atoms with Crippen molar-refractivity contribution in [2.45, 2.75) is 46.1 Å². The van der Waals surface area contributed by atoms with Gasteiger partial charge in [-0.05, 0) is 69.0 Å². The van der Waals surface area contributed by atoms with E-state index in [-0.39, 0.29) is 0 Å². The number of carboxylic acid groups (broad SMARTS) is 1. The number of piperidine rings is 1. The van der Waals surface area contributed by atoms with E-state index in [1.54, 1.807) is 0 Å². The van der Waals surface area contributed by atoms with Crippen LogP contribution in [-0.2, 0) is 4.79 Å². The molecule has 0 aromatic heterocycles. The van der Waals surface area contributed by atoms with Crippen molar-refractivity contribution in [3.63, 3.8) is 0 Å². The highest BCUT2D eigenvalue weighted by atomic mass is 16.4. The van der Waals surface area contributed by atoms with Crippen molar-refractivity contribution < 1.29 is 9.90 Å². The van der Waals surface area contributed by atoms with E-state index in [1.165, 1.54) is 17.5 Å². The first-order valence-corrected chi connectivity index (χ1v) is 7.05. The fourth-order valence-electron chi connectivity index (χ4n) is 2.94. The summed E-state index contributed by atoms with van der Waals surface area (Å²) in [4.78, 5) is 13.8. The molecule has 0 bridgehead atoms. The zero-order chi connectivity index (χ0) is 14.0. The standard InChI is InChI=1S/C16H23NO2/c1-11-9-13(3)14(10-12(11)2)15(16(18)19)17-7-5-4-6-8-17/h9-10,15H,4-8H2,1-3H3,(H,18,19). The fraction of sp³-hybridized carbons (Fsp3) is 0.562. The van der Waals surface area contributed by atoms with Crippen LogP contribution in [0, 0.1) is 20.8 Å². The number of nitrogens with zero attached hydrogens (tertiary/aromatic N) is 1. The Hall–Kier alpha value is -1.35. The fourth-order valence-corrected chi connectivity index (χ4v) is 2.94. The Morgan fingerprint density at radius 2 is 1.63 bits per heavy atom. The second-order valence-corrected chi connectivity index (χ2v) is 5.63. The molecular formula is C16H23NO2. The van der Waals surface area contributed by atoms with Gasteiger partial charge in [-0.1, -0.05) is 18.6 Å². The lowest BCUT2D eigenvalue weighted by atomic mass is 9.94. The molecule has 104 valence electrons. The highest BCUT2D eigenvalue weighted by Gasteiger charge is 2.29. The maximum Gasteiger partial charge on any atom is 0.325 e. The van der Waals surface area contributed by atoms with Gasteiger partial charge in [0.25, 0.3) is 0 Å². The molecule has 1 aliphatic heterocycles. The topological polar surface area (TPSA) is 40.5 Å². The van der Waals surface area contributed by atoms with Crippen LogP contribution in [0.2, 0.25) is 0 Å². The summed E-state index contributed by atoms with van der Waals surface area (Å²) in [7, 11) is 0. The van der Waals surface area contributed by atoms with Crippen LogP contribution in [0.1, 0.15) is 47.6 Å². The summed E-state index contributed by atoms with van der Waals surface area (Å²) in [6.07, 6.45) is 3.43. The Balaban J connectivity index is 2.38. The highest BCUT2D eigenvalue weighted by molar-refractivity contribution is 5.76. The Kier molecular flexibility index (Phi) is 4.25. The average Bonchev–Trinajstić information content (AvgIpc) is 2.37. The number of carboxylic acids is 1. The SMILES string of the molecule is Cc1cc(C)c(C(C(=O)O)N2CCCCC2)cc1C. The van der Waals surface area contributed by atoms with Crippen LogP contribution >= 0.6 is 0 Å². The maximum absolute atomic E-state index is 11.7. The number of aliphatic carboxylic acids is 1. The molecule has 1 unspecified atom stereocenters. The predicted molar refractivity (Wildman–Crippen MR) is 76.5 cm³/mol. The minimum absolute atomic E-state index is 0.486. The molecule has 0 aliphatic carbocycles. The molecule has 1 N–H and O–H groups in total. The molecule has 3 heteroatoms. The van der Waals surface area contributed by atoms with Crippen LogP contribution in [0.4, 0.5) is 0 Å². The number of likely N-dealkylation sites (tertiary alicyclic amines) is 1. The molecular weight excluding hydrogens is 238 g/mol. The monoisotopic (exact) mass is 261 g/mol. The minimum atomic E-state index is -0.728. The van der Waals surface area contributed by atoms with Crippen molar-refractivity contribution in [2.24, 2.45) is 0 Å². The van der Waals surface area contributed by atoms with Gasteiger partial charge in [0.2, 0.25) is 0 Å². The Morgan fingerprint density at radius 3 is 2.21 bits per heavy atom. The van der Waals surface area contributed by atoms with Gasteiger partial charge in [-0.3, -0.25) is 9.69 Å². The molecule has 2 rings (SSSR count). The van der Waals surface area contributed by atoms with E-state index in [0.29, 0.717) is 0 Å². The van der Waals surface area contributed by atoms with E-state index < -0.39 is 12.0 Å². The van der Waals surface area contributed by atoms with Gasteiger partial charge in [0, 0.05) is 0 Å². The second kappa shape index (κ2) is 5.74. The molecule has 1 aliphatic rings. The zero-order valence-electron chi connectivity index (χ0n) is 12.1. The summed E-state index contributed by atoms with van der Waals surface area (Å²) in [5, 5.41) is 9.62. The number of carbonyl (C=O) groups is 1. The molecule has 0 radical (unpaired) electrons. The van der Waals surface area contributed by atoms with Crippen LogP contribution in [0.25, 0.3) is 0 Å². The van der Waals surface area contributed by atoms with E-state index in [0.717, 1.165) is 37.1 Å².